The third kappa shape index (κ3) is 49.0. The van der Waals surface area contributed by atoms with Crippen LogP contribution in [0.2, 0.25) is 0 Å². The molecule has 2 amide bonds. The molecule has 0 radical (unpaired) electrons. The van der Waals surface area contributed by atoms with Crippen LogP contribution in [-0.2, 0) is 106 Å². The van der Waals surface area contributed by atoms with Crippen LogP contribution in [0.1, 0.15) is 71.8 Å². The normalized spacial score (nSPS) is 15.0. The molecule has 0 saturated heterocycles. The molecule has 4 atom stereocenters. The number of thioether (sulfide) groups is 2. The van der Waals surface area contributed by atoms with Crippen molar-refractivity contribution in [2.45, 2.75) is 98.3 Å². The number of carbonyl (C=O) groups excluding carboxylic acids is 6. The SMILES string of the molecule is C.C.C.COC(=O)C(CCS)N1CCN(C)CCN(C(CCS)C(=O)OC)Cc2cccc(c2)C1.COC(=O)C(CCSC(=O)NCOCC(=O)O)N1CCN(C)CCN(C(CCSC(=O)NCOCC(=O)O)C(=O)OC)Cc2cccc(n2)C1.O=NCOCC(=O)O.[2H]CF.[Cl][Mn][Cl].[Na+].[OH-]. The van der Waals surface area contributed by atoms with Gasteiger partial charge in [0.1, 0.15) is 57.4 Å². The molecule has 100 heavy (non-hydrogen) atoms. The number of esters is 4. The fraction of sp³-hybridized carbons (Fsp3) is 0.667. The van der Waals surface area contributed by atoms with Gasteiger partial charge in [-0.15, -0.1) is 4.91 Å². The van der Waals surface area contributed by atoms with Crippen molar-refractivity contribution < 1.29 is 146 Å². The number of amides is 2. The number of methoxy groups -OCH3 is 4. The number of alkyl halides is 1. The van der Waals surface area contributed by atoms with E-state index in [-0.39, 0.29) is 119 Å². The fourth-order valence-corrected chi connectivity index (χ4v) is 11.0. The standard InChI is InChI=1S/C30H46N6O12S2.C23H37N3O4S2.C3H5NO4.CH3F.3CH4.2ClH.Mn.Na.H2O/c1-34-9-11-35(23(27(41)45-2)7-13-49-29(43)31-19-47-17-25(37)38)15-21-5-4-6-22(33-21)16-36(12-10-34)24(28(42)46-3)8-14-50-30(44)32-20-48-18-26(39)40;1-24-9-11-25(20(7-13-31)22(27)29-2)16-18-5-4-6-19(15-18)17-26(12-10-24)21(8-14-32)23(28)30-3;5-3(6)1-8-2-4-7;1-2;;;;;;;;/h4-6,23-24H,7-20H2,1-3H3,(H,31,43)(H,32,44)(H,37,38)(H,39,40);4-6,15,20-21,31-32H,7-14,16-17H2,1-3H3;1-2H2,(H,5,6);1H3;3*1H4;2*1H;;;1H2/q;;;;;;;;;+2;+1;/p-3/i;;;1D;;;;;;;;. The van der Waals surface area contributed by atoms with E-state index in [1.54, 1.807) is 0 Å². The summed E-state index contributed by atoms with van der Waals surface area (Å²) in [5.41, 5.74) is 3.63. The Labute approximate surface area is 645 Å². The summed E-state index contributed by atoms with van der Waals surface area (Å²) in [4.78, 5) is 133. The zero-order valence-electron chi connectivity index (χ0n) is 56.5. The molecule has 2 aliphatic heterocycles. The van der Waals surface area contributed by atoms with Crippen molar-refractivity contribution in [3.05, 3.63) is 69.9 Å². The minimum absolute atomic E-state index is 0. The van der Waals surface area contributed by atoms with Gasteiger partial charge >= 0.3 is 105 Å². The Balaban J connectivity index is -0.000000379. The number of pyridine rings is 1. The first-order valence-electron chi connectivity index (χ1n) is 29.8. The Morgan fingerprint density at radius 2 is 0.890 bits per heavy atom. The molecule has 0 aliphatic carbocycles. The predicted molar refractivity (Wildman–Crippen MR) is 381 cm³/mol. The number of nitrogens with one attached hydrogen (secondary N) is 2. The number of rotatable bonds is 30. The number of carboxylic acids is 3. The first-order valence-corrected chi connectivity index (χ1v) is 35.5. The predicted octanol–water partition coefficient (Wildman–Crippen LogP) is 2.97. The number of ether oxygens (including phenoxy) is 7. The summed E-state index contributed by atoms with van der Waals surface area (Å²) < 4.78 is 49.7. The number of carbonyl (C=O) groups is 9. The third-order valence-corrected chi connectivity index (χ3v) is 15.8. The summed E-state index contributed by atoms with van der Waals surface area (Å²) in [5.74, 6) is -2.94. The zero-order chi connectivity index (χ0) is 72.2. The Bertz CT molecular complexity index is 2480. The van der Waals surface area contributed by atoms with Crippen LogP contribution in [0.4, 0.5) is 14.0 Å². The number of benzene rings is 1. The van der Waals surface area contributed by atoms with Gasteiger partial charge in [0.2, 0.25) is 0 Å². The zero-order valence-corrected chi connectivity index (χ0v) is 63.6. The summed E-state index contributed by atoms with van der Waals surface area (Å²) in [6, 6.07) is 11.9. The van der Waals surface area contributed by atoms with Gasteiger partial charge < -0.3 is 74.4 Å². The van der Waals surface area contributed by atoms with E-state index in [4.69, 9.17) is 70.3 Å². The maximum Gasteiger partial charge on any atom is 1.00 e. The Hall–Kier alpha value is -3.77. The molecule has 6 N–H and O–H groups in total. The van der Waals surface area contributed by atoms with Gasteiger partial charge in [0, 0.05) is 90.0 Å². The van der Waals surface area contributed by atoms with E-state index in [9.17, 15) is 52.4 Å². The van der Waals surface area contributed by atoms with E-state index in [0.717, 1.165) is 60.8 Å². The van der Waals surface area contributed by atoms with E-state index >= 15 is 0 Å². The molecule has 3 heterocycles. The molecule has 0 spiro atoms. The quantitative estimate of drug-likeness (QED) is 0.0112. The molecule has 573 valence electrons. The molecule has 1 aromatic heterocycles. The minimum Gasteiger partial charge on any atom is -0.870 e. The third-order valence-electron chi connectivity index (χ3n) is 13.6. The van der Waals surface area contributed by atoms with Crippen LogP contribution in [0.25, 0.3) is 0 Å². The van der Waals surface area contributed by atoms with Gasteiger partial charge in [0.25, 0.3) is 10.5 Å². The van der Waals surface area contributed by atoms with Crippen LogP contribution in [0.15, 0.2) is 47.6 Å². The number of aromatic nitrogens is 1. The van der Waals surface area contributed by atoms with E-state index in [1.807, 2.05) is 41.1 Å². The van der Waals surface area contributed by atoms with Crippen molar-refractivity contribution in [3.8, 4) is 0 Å². The van der Waals surface area contributed by atoms with Crippen molar-refractivity contribution in [1.29, 1.82) is 0 Å². The number of thiol groups is 2. The molecule has 40 heteroatoms. The van der Waals surface area contributed by atoms with Crippen LogP contribution < -0.4 is 40.2 Å². The van der Waals surface area contributed by atoms with Gasteiger partial charge in [0.05, 0.1) is 48.4 Å². The number of halogens is 3. The van der Waals surface area contributed by atoms with E-state index < -0.39 is 86.1 Å². The van der Waals surface area contributed by atoms with Crippen molar-refractivity contribution in [2.75, 3.05) is 165 Å². The average molecular weight is 1600 g/mol. The van der Waals surface area contributed by atoms with Gasteiger partial charge in [-0.05, 0) is 79.7 Å². The van der Waals surface area contributed by atoms with Crippen LogP contribution in [0, 0.1) is 4.91 Å². The molecule has 4 rings (SSSR count). The fourth-order valence-electron chi connectivity index (χ4n) is 9.10. The summed E-state index contributed by atoms with van der Waals surface area (Å²) in [6.45, 7) is 4.56. The molecule has 4 bridgehead atoms. The maximum atomic E-state index is 13.0. The van der Waals surface area contributed by atoms with Crippen LogP contribution in [0.3, 0.4) is 0 Å². The average Bonchev–Trinajstić information content (AvgIpc) is 0.852. The Morgan fingerprint density at radius 3 is 1.19 bits per heavy atom. The van der Waals surface area contributed by atoms with Gasteiger partial charge in [-0.1, -0.05) is 76.1 Å². The molecule has 31 nitrogen and oxygen atoms in total. The maximum absolute atomic E-state index is 13.0. The summed E-state index contributed by atoms with van der Waals surface area (Å²) in [6.07, 6.45) is 1.86. The van der Waals surface area contributed by atoms with Crippen molar-refractivity contribution >= 4 is 121 Å². The van der Waals surface area contributed by atoms with E-state index in [2.05, 4.69) is 90.7 Å². The van der Waals surface area contributed by atoms with Crippen molar-refractivity contribution in [2.24, 2.45) is 5.18 Å². The Morgan fingerprint density at radius 1 is 0.590 bits per heavy atom. The van der Waals surface area contributed by atoms with Crippen LogP contribution in [-0.4, -0.2) is 297 Å². The molecule has 1 aromatic carbocycles. The molecule has 2 aliphatic rings. The summed E-state index contributed by atoms with van der Waals surface area (Å²) in [5, 5.41) is 31.5. The van der Waals surface area contributed by atoms with E-state index in [1.165, 1.54) is 28.4 Å². The first kappa shape index (κ1) is 105. The van der Waals surface area contributed by atoms with Gasteiger partial charge in [-0.3, -0.25) is 57.7 Å². The monoisotopic (exact) mass is 1600 g/mol. The number of fused-ring (bicyclic) bond motifs is 4. The van der Waals surface area contributed by atoms with Gasteiger partial charge in [-0.2, -0.15) is 25.3 Å². The Kier molecular flexibility index (Phi) is 70.4. The number of likely N-dealkylation sites (N-methyl/N-ethyl adjacent to an activating group) is 2. The number of hydrogen-bond acceptors (Lipinski definition) is 30. The second-order valence-corrected chi connectivity index (χ2v) is 25.1. The summed E-state index contributed by atoms with van der Waals surface area (Å²) in [7, 11) is 18.1. The largest absolute Gasteiger partial charge is 1.00 e. The van der Waals surface area contributed by atoms with Gasteiger partial charge in [-0.25, -0.2) is 14.4 Å². The smallest absolute Gasteiger partial charge is 0.870 e. The van der Waals surface area contributed by atoms with Crippen molar-refractivity contribution in [3.63, 3.8) is 0 Å². The molecule has 0 saturated carbocycles. The van der Waals surface area contributed by atoms with Crippen LogP contribution in [0.5, 0.6) is 0 Å². The number of nitrogens with zero attached hydrogens (tertiary/aromatic N) is 8. The van der Waals surface area contributed by atoms with E-state index in [0.29, 0.717) is 101 Å². The number of hydrogen-bond donors (Lipinski definition) is 7. The summed E-state index contributed by atoms with van der Waals surface area (Å²) >= 11 is 10.6. The second kappa shape index (κ2) is 67.1. The second-order valence-electron chi connectivity index (χ2n) is 20.1. The number of carboxylic acid groups (broad SMARTS) is 3. The number of nitroso groups, excluding NO2 is 1. The molecular formula is C60H104Cl2FMnN10NaO21S4. The molecule has 0 fully saturated rings. The molecular weight excluding hydrogens is 1490 g/mol. The number of aliphatic carboxylic acids is 3. The van der Waals surface area contributed by atoms with Gasteiger partial charge in [0.15, 0.2) is 6.73 Å². The topological polar surface area (TPSA) is 395 Å². The first-order chi connectivity index (χ1) is 45.9. The molecule has 4 unspecified atom stereocenters. The van der Waals surface area contributed by atoms with Crippen LogP contribution >= 0.6 is 69.0 Å². The minimum atomic E-state index is -1.15. The molecule has 2 aromatic rings. The van der Waals surface area contributed by atoms with Crippen molar-refractivity contribution in [1.82, 2.24) is 45.0 Å².